The van der Waals surface area contributed by atoms with Gasteiger partial charge >= 0.3 is 12.3 Å². The third kappa shape index (κ3) is 5.46. The van der Waals surface area contributed by atoms with Gasteiger partial charge < -0.3 is 9.47 Å². The van der Waals surface area contributed by atoms with Gasteiger partial charge in [0, 0.05) is 31.5 Å². The number of aryl methyl sites for hydroxylation is 1. The molecule has 1 aliphatic heterocycles. The lowest BCUT2D eigenvalue weighted by atomic mass is 9.99. The first-order valence-electron chi connectivity index (χ1n) is 8.63. The van der Waals surface area contributed by atoms with E-state index in [9.17, 15) is 28.1 Å². The maximum atomic E-state index is 13.5. The van der Waals surface area contributed by atoms with Crippen molar-refractivity contribution >= 4 is 11.8 Å². The Kier molecular flexibility index (Phi) is 6.05. The van der Waals surface area contributed by atoms with Crippen LogP contribution in [0.4, 0.5) is 23.7 Å². The first kappa shape index (κ1) is 21.7. The number of likely N-dealkylation sites (tertiary alicyclic amines) is 1. The summed E-state index contributed by atoms with van der Waals surface area (Å²) in [6, 6.07) is 0.378. The van der Waals surface area contributed by atoms with Crippen molar-refractivity contribution in [3.05, 3.63) is 27.9 Å². The summed E-state index contributed by atoms with van der Waals surface area (Å²) < 4.78 is 51.1. The Bertz CT molecular complexity index is 749. The van der Waals surface area contributed by atoms with E-state index in [4.69, 9.17) is 9.47 Å². The first-order valence-corrected chi connectivity index (χ1v) is 8.63. The van der Waals surface area contributed by atoms with Gasteiger partial charge in [0.25, 0.3) is 5.69 Å². The fourth-order valence-electron chi connectivity index (χ4n) is 2.85. The standard InChI is InChI=1S/C17H22F3N3O5/c1-10-12(23(25)26)5-6-14(21-10)27-11-7-8-22(13(9-11)17(18,19)20)15(24)28-16(2,3)4/h5-6,11,13H,7-9H2,1-4H3. The summed E-state index contributed by atoms with van der Waals surface area (Å²) >= 11 is 0. The molecule has 1 aromatic rings. The zero-order chi connectivity index (χ0) is 21.3. The van der Waals surface area contributed by atoms with Crippen LogP contribution in [0.2, 0.25) is 0 Å². The van der Waals surface area contributed by atoms with Gasteiger partial charge in [-0.25, -0.2) is 9.78 Å². The van der Waals surface area contributed by atoms with E-state index in [-0.39, 0.29) is 30.2 Å². The second-order valence-electron chi connectivity index (χ2n) is 7.51. The molecule has 1 fully saturated rings. The van der Waals surface area contributed by atoms with Crippen molar-refractivity contribution in [2.75, 3.05) is 6.54 Å². The van der Waals surface area contributed by atoms with Crippen LogP contribution in [-0.4, -0.2) is 51.4 Å². The zero-order valence-corrected chi connectivity index (χ0v) is 15.9. The lowest BCUT2D eigenvalue weighted by Gasteiger charge is -2.40. The molecular weight excluding hydrogens is 383 g/mol. The Morgan fingerprint density at radius 3 is 2.46 bits per heavy atom. The minimum absolute atomic E-state index is 0.000238. The molecule has 2 heterocycles. The largest absolute Gasteiger partial charge is 0.474 e. The molecule has 0 aromatic carbocycles. The Balaban J connectivity index is 2.13. The van der Waals surface area contributed by atoms with Crippen LogP contribution < -0.4 is 4.74 Å². The molecule has 2 unspecified atom stereocenters. The molecular formula is C17H22F3N3O5. The number of nitrogens with zero attached hydrogens (tertiary/aromatic N) is 3. The maximum Gasteiger partial charge on any atom is 0.410 e. The van der Waals surface area contributed by atoms with E-state index in [2.05, 4.69) is 4.98 Å². The third-order valence-corrected chi connectivity index (χ3v) is 4.08. The summed E-state index contributed by atoms with van der Waals surface area (Å²) in [7, 11) is 0. The van der Waals surface area contributed by atoms with E-state index < -0.39 is 41.4 Å². The molecule has 0 N–H and O–H groups in total. The molecule has 1 aromatic heterocycles. The fourth-order valence-corrected chi connectivity index (χ4v) is 2.85. The van der Waals surface area contributed by atoms with E-state index in [1.807, 2.05) is 0 Å². The quantitative estimate of drug-likeness (QED) is 0.557. The van der Waals surface area contributed by atoms with Gasteiger partial charge in [-0.15, -0.1) is 0 Å². The molecule has 0 spiro atoms. The van der Waals surface area contributed by atoms with Gasteiger partial charge in [-0.05, 0) is 27.7 Å². The predicted molar refractivity (Wildman–Crippen MR) is 92.1 cm³/mol. The number of pyridine rings is 1. The normalized spacial score (nSPS) is 20.6. The van der Waals surface area contributed by atoms with Crippen molar-refractivity contribution in [1.82, 2.24) is 9.88 Å². The van der Waals surface area contributed by atoms with E-state index in [1.54, 1.807) is 20.8 Å². The molecule has 2 rings (SSSR count). The molecule has 2 atom stereocenters. The summed E-state index contributed by atoms with van der Waals surface area (Å²) in [4.78, 5) is 27.0. The number of amides is 1. The number of aromatic nitrogens is 1. The van der Waals surface area contributed by atoms with Crippen molar-refractivity contribution in [3.63, 3.8) is 0 Å². The number of rotatable bonds is 3. The van der Waals surface area contributed by atoms with Gasteiger partial charge in [0.05, 0.1) is 4.92 Å². The smallest absolute Gasteiger partial charge is 0.410 e. The van der Waals surface area contributed by atoms with Gasteiger partial charge in [-0.1, -0.05) is 0 Å². The molecule has 1 amide bonds. The van der Waals surface area contributed by atoms with Gasteiger partial charge in [0.15, 0.2) is 0 Å². The number of piperidine rings is 1. The molecule has 1 saturated heterocycles. The number of hydrogen-bond acceptors (Lipinski definition) is 6. The van der Waals surface area contributed by atoms with E-state index in [0.717, 1.165) is 0 Å². The van der Waals surface area contributed by atoms with Crippen LogP contribution in [0, 0.1) is 17.0 Å². The number of carbonyl (C=O) groups is 1. The van der Waals surface area contributed by atoms with Crippen molar-refractivity contribution in [2.45, 2.75) is 64.5 Å². The van der Waals surface area contributed by atoms with E-state index in [1.165, 1.54) is 19.1 Å². The van der Waals surface area contributed by atoms with Crippen LogP contribution in [0.1, 0.15) is 39.3 Å². The summed E-state index contributed by atoms with van der Waals surface area (Å²) in [5.41, 5.74) is -1.03. The lowest BCUT2D eigenvalue weighted by molar-refractivity contribution is -0.385. The molecule has 156 valence electrons. The van der Waals surface area contributed by atoms with Gasteiger partial charge in [0.2, 0.25) is 5.88 Å². The molecule has 11 heteroatoms. The number of carbonyl (C=O) groups excluding carboxylic acids is 1. The van der Waals surface area contributed by atoms with Crippen LogP contribution >= 0.6 is 0 Å². The van der Waals surface area contributed by atoms with Gasteiger partial charge in [-0.2, -0.15) is 13.2 Å². The number of hydrogen-bond donors (Lipinski definition) is 0. The van der Waals surface area contributed by atoms with Crippen LogP contribution in [0.3, 0.4) is 0 Å². The van der Waals surface area contributed by atoms with Crippen LogP contribution in [0.15, 0.2) is 12.1 Å². The zero-order valence-electron chi connectivity index (χ0n) is 15.9. The highest BCUT2D eigenvalue weighted by atomic mass is 19.4. The summed E-state index contributed by atoms with van der Waals surface area (Å²) in [5, 5.41) is 10.8. The second kappa shape index (κ2) is 7.80. The average Bonchev–Trinajstić information content (AvgIpc) is 2.52. The predicted octanol–water partition coefficient (Wildman–Crippen LogP) is 4.01. The van der Waals surface area contributed by atoms with Crippen molar-refractivity contribution < 1.29 is 32.4 Å². The van der Waals surface area contributed by atoms with Crippen LogP contribution in [0.25, 0.3) is 0 Å². The average molecular weight is 405 g/mol. The minimum Gasteiger partial charge on any atom is -0.474 e. The fraction of sp³-hybridized carbons (Fsp3) is 0.647. The highest BCUT2D eigenvalue weighted by Crippen LogP contribution is 2.34. The van der Waals surface area contributed by atoms with Crippen molar-refractivity contribution in [2.24, 2.45) is 0 Å². The number of ether oxygens (including phenoxy) is 2. The molecule has 0 radical (unpaired) electrons. The summed E-state index contributed by atoms with van der Waals surface area (Å²) in [5.74, 6) is -0.000238. The highest BCUT2D eigenvalue weighted by molar-refractivity contribution is 5.68. The van der Waals surface area contributed by atoms with E-state index >= 15 is 0 Å². The Morgan fingerprint density at radius 2 is 1.96 bits per heavy atom. The highest BCUT2D eigenvalue weighted by Gasteiger charge is 2.50. The molecule has 0 bridgehead atoms. The second-order valence-corrected chi connectivity index (χ2v) is 7.51. The lowest BCUT2D eigenvalue weighted by Crippen LogP contribution is -2.56. The molecule has 8 nitrogen and oxygen atoms in total. The molecule has 0 aliphatic carbocycles. The Hall–Kier alpha value is -2.59. The topological polar surface area (TPSA) is 94.8 Å². The van der Waals surface area contributed by atoms with Crippen molar-refractivity contribution in [3.8, 4) is 5.88 Å². The molecule has 28 heavy (non-hydrogen) atoms. The molecule has 1 aliphatic rings. The van der Waals surface area contributed by atoms with Gasteiger partial charge in [0.1, 0.15) is 23.4 Å². The minimum atomic E-state index is -4.66. The summed E-state index contributed by atoms with van der Waals surface area (Å²) in [6.45, 7) is 5.94. The van der Waals surface area contributed by atoms with E-state index in [0.29, 0.717) is 4.90 Å². The molecule has 0 saturated carbocycles. The van der Waals surface area contributed by atoms with Crippen LogP contribution in [-0.2, 0) is 4.74 Å². The Morgan fingerprint density at radius 1 is 1.32 bits per heavy atom. The number of halogens is 3. The Labute approximate surface area is 159 Å². The third-order valence-electron chi connectivity index (χ3n) is 4.08. The summed E-state index contributed by atoms with van der Waals surface area (Å²) in [6.07, 6.45) is -6.88. The monoisotopic (exact) mass is 405 g/mol. The van der Waals surface area contributed by atoms with Gasteiger partial charge in [-0.3, -0.25) is 15.0 Å². The van der Waals surface area contributed by atoms with Crippen LogP contribution in [0.5, 0.6) is 5.88 Å². The SMILES string of the molecule is Cc1nc(OC2CCN(C(=O)OC(C)(C)C)C(C(F)(F)F)C2)ccc1[N+](=O)[O-]. The number of alkyl halides is 3. The first-order chi connectivity index (χ1) is 12.8. The van der Waals surface area contributed by atoms with Crippen molar-refractivity contribution in [1.29, 1.82) is 0 Å². The maximum absolute atomic E-state index is 13.5. The number of nitro groups is 1.